The second kappa shape index (κ2) is 21.0. The highest BCUT2D eigenvalue weighted by Gasteiger charge is 2.47. The first kappa shape index (κ1) is 43.7. The predicted octanol–water partition coefficient (Wildman–Crippen LogP) is 11.0. The highest BCUT2D eigenvalue weighted by Crippen LogP contribution is 2.54. The average molecular weight is 862 g/mol. The number of Topliss-reactive ketones (excluding diaryl/α,β-unsaturated/α-hetero) is 2. The Kier molecular flexibility index (Phi) is 14.1. The lowest BCUT2D eigenvalue weighted by Gasteiger charge is -2.27. The standard InChI is InChI=1S/C24H20P.2C18H14O2/c1-5-13-21(14-6-1)25(22-15-7-2-8-16-22,23-17-9-3-10-18-23)24-19-11-4-12-20-24;2*19-17(10-13-6-2-1-3-7-13)16-11-14-8-4-5-9-15(14)12-18(16)20/h1-20H;2*1-9,11-12,20H,10H2/q+1;;/p-2. The highest BCUT2D eigenvalue weighted by molar-refractivity contribution is 8.01. The molecule has 10 aromatic rings. The molecule has 0 heterocycles. The smallest absolute Gasteiger partial charge is 0.166 e. The van der Waals surface area contributed by atoms with Gasteiger partial charge in [0.2, 0.25) is 0 Å². The molecule has 0 aromatic heterocycles. The van der Waals surface area contributed by atoms with Crippen LogP contribution in [-0.2, 0) is 12.8 Å². The highest BCUT2D eigenvalue weighted by atomic mass is 31.2. The van der Waals surface area contributed by atoms with Crippen LogP contribution in [0.3, 0.4) is 0 Å². The zero-order valence-corrected chi connectivity index (χ0v) is 36.6. The van der Waals surface area contributed by atoms with E-state index >= 15 is 0 Å². The lowest BCUT2D eigenvalue weighted by Crippen LogP contribution is -2.38. The van der Waals surface area contributed by atoms with Gasteiger partial charge >= 0.3 is 0 Å². The minimum atomic E-state index is -1.91. The van der Waals surface area contributed by atoms with Crippen molar-refractivity contribution in [2.45, 2.75) is 12.8 Å². The molecule has 10 rings (SSSR count). The van der Waals surface area contributed by atoms with Crippen LogP contribution in [0.15, 0.2) is 255 Å². The average Bonchev–Trinajstić information content (AvgIpc) is 3.36. The van der Waals surface area contributed by atoms with Gasteiger partial charge in [0.15, 0.2) is 11.6 Å². The Morgan fingerprint density at radius 1 is 0.308 bits per heavy atom. The van der Waals surface area contributed by atoms with Crippen LogP contribution in [0.2, 0.25) is 0 Å². The molecular weight excluding hydrogens is 816 g/mol. The van der Waals surface area contributed by atoms with Gasteiger partial charge in [0.25, 0.3) is 0 Å². The Balaban J connectivity index is 0.000000134. The number of carbonyl (C=O) groups excluding carboxylic acids is 2. The molecule has 65 heavy (non-hydrogen) atoms. The molecule has 0 bridgehead atoms. The number of rotatable bonds is 10. The number of carbonyl (C=O) groups is 2. The first-order valence-corrected chi connectivity index (χ1v) is 23.3. The Morgan fingerprint density at radius 2 is 0.538 bits per heavy atom. The van der Waals surface area contributed by atoms with E-state index in [1.54, 1.807) is 12.1 Å². The summed E-state index contributed by atoms with van der Waals surface area (Å²) < 4.78 is 0. The van der Waals surface area contributed by atoms with Crippen molar-refractivity contribution >= 4 is 61.6 Å². The minimum absolute atomic E-state index is 0.132. The molecule has 0 N–H and O–H groups in total. The Labute approximate surface area is 381 Å². The second-order valence-electron chi connectivity index (χ2n) is 15.6. The van der Waals surface area contributed by atoms with Crippen molar-refractivity contribution < 1.29 is 19.8 Å². The molecule has 0 saturated heterocycles. The van der Waals surface area contributed by atoms with Crippen LogP contribution < -0.4 is 31.4 Å². The lowest BCUT2D eigenvalue weighted by molar-refractivity contribution is -0.269. The van der Waals surface area contributed by atoms with Crippen molar-refractivity contribution in [3.05, 3.63) is 277 Å². The van der Waals surface area contributed by atoms with E-state index in [-0.39, 0.29) is 47.0 Å². The van der Waals surface area contributed by atoms with Crippen LogP contribution in [0, 0.1) is 0 Å². The normalized spacial score (nSPS) is 10.8. The summed E-state index contributed by atoms with van der Waals surface area (Å²) in [5.74, 6) is -0.673. The van der Waals surface area contributed by atoms with Crippen LogP contribution >= 0.6 is 7.26 Å². The fourth-order valence-electron chi connectivity index (χ4n) is 8.13. The summed E-state index contributed by atoms with van der Waals surface area (Å²) in [5, 5.41) is 33.2. The Morgan fingerprint density at radius 3 is 0.815 bits per heavy atom. The molecule has 10 aromatic carbocycles. The first-order valence-electron chi connectivity index (χ1n) is 21.6. The van der Waals surface area contributed by atoms with Gasteiger partial charge < -0.3 is 10.2 Å². The summed E-state index contributed by atoms with van der Waals surface area (Å²) in [6.45, 7) is 0. The fourth-order valence-corrected chi connectivity index (χ4v) is 12.4. The minimum Gasteiger partial charge on any atom is -0.872 e. The predicted molar refractivity (Wildman–Crippen MR) is 267 cm³/mol. The summed E-state index contributed by atoms with van der Waals surface area (Å²) in [5.41, 5.74) is 2.38. The molecule has 316 valence electrons. The van der Waals surface area contributed by atoms with Gasteiger partial charge in [-0.2, -0.15) is 0 Å². The third-order valence-corrected chi connectivity index (χ3v) is 15.6. The third-order valence-electron chi connectivity index (χ3n) is 11.3. The van der Waals surface area contributed by atoms with Gasteiger partial charge in [-0.1, -0.05) is 206 Å². The molecule has 0 atom stereocenters. The van der Waals surface area contributed by atoms with E-state index in [9.17, 15) is 19.8 Å². The van der Waals surface area contributed by atoms with Crippen molar-refractivity contribution in [1.29, 1.82) is 0 Å². The van der Waals surface area contributed by atoms with E-state index in [1.807, 2.05) is 109 Å². The van der Waals surface area contributed by atoms with Gasteiger partial charge in [-0.25, -0.2) is 0 Å². The molecule has 0 aliphatic carbocycles. The quantitative estimate of drug-likeness (QED) is 0.101. The van der Waals surface area contributed by atoms with E-state index in [4.69, 9.17) is 0 Å². The van der Waals surface area contributed by atoms with E-state index in [1.165, 1.54) is 33.4 Å². The SMILES string of the molecule is O=C(Cc1ccccc1)c1cc2ccccc2cc1[O-].O=C(Cc1ccccc1)c1cc2ccccc2cc1[O-].c1ccc([P+](c2ccccc2)(c2ccccc2)c2ccccc2)cc1. The molecule has 4 nitrogen and oxygen atoms in total. The van der Waals surface area contributed by atoms with Crippen molar-refractivity contribution in [3.8, 4) is 11.5 Å². The zero-order chi connectivity index (χ0) is 44.9. The Hall–Kier alpha value is -7.91. The molecule has 0 spiro atoms. The summed E-state index contributed by atoms with van der Waals surface area (Å²) in [6.07, 6.45) is 0.517. The Bertz CT molecular complexity index is 2830. The van der Waals surface area contributed by atoms with E-state index in [0.29, 0.717) is 0 Å². The van der Waals surface area contributed by atoms with Gasteiger partial charge in [0.1, 0.15) is 28.5 Å². The van der Waals surface area contributed by atoms with E-state index < -0.39 is 7.26 Å². The fraction of sp³-hybridized carbons (Fsp3) is 0.0333. The zero-order valence-electron chi connectivity index (χ0n) is 35.7. The number of benzene rings is 10. The van der Waals surface area contributed by atoms with Crippen LogP contribution in [0.25, 0.3) is 21.5 Å². The number of fused-ring (bicyclic) bond motifs is 2. The molecule has 0 fully saturated rings. The van der Waals surface area contributed by atoms with E-state index in [0.717, 1.165) is 32.7 Å². The maximum absolute atomic E-state index is 12.3. The van der Waals surface area contributed by atoms with Crippen LogP contribution in [0.1, 0.15) is 31.8 Å². The summed E-state index contributed by atoms with van der Waals surface area (Å²) in [6, 6.07) is 84.4. The first-order chi connectivity index (χ1) is 31.9. The van der Waals surface area contributed by atoms with Gasteiger partial charge in [-0.3, -0.25) is 9.59 Å². The van der Waals surface area contributed by atoms with Crippen molar-refractivity contribution in [1.82, 2.24) is 0 Å². The second-order valence-corrected chi connectivity index (χ2v) is 19.0. The molecule has 0 unspecified atom stereocenters. The monoisotopic (exact) mass is 861 g/mol. The molecule has 0 aliphatic heterocycles. The number of hydrogen-bond acceptors (Lipinski definition) is 4. The molecule has 5 heteroatoms. The maximum Gasteiger partial charge on any atom is 0.166 e. The maximum atomic E-state index is 12.3. The van der Waals surface area contributed by atoms with Gasteiger partial charge in [0, 0.05) is 24.0 Å². The lowest BCUT2D eigenvalue weighted by atomic mass is 9.99. The van der Waals surface area contributed by atoms with Crippen LogP contribution in [0.4, 0.5) is 0 Å². The van der Waals surface area contributed by atoms with E-state index in [2.05, 4.69) is 121 Å². The molecular formula is C60H46O4P-. The van der Waals surface area contributed by atoms with Crippen LogP contribution in [0.5, 0.6) is 11.5 Å². The van der Waals surface area contributed by atoms with Gasteiger partial charge in [-0.15, -0.1) is 0 Å². The molecule has 0 aliphatic rings. The van der Waals surface area contributed by atoms with Gasteiger partial charge in [0.05, 0.1) is 0 Å². The summed E-state index contributed by atoms with van der Waals surface area (Å²) in [7, 11) is -1.91. The topological polar surface area (TPSA) is 80.3 Å². The summed E-state index contributed by atoms with van der Waals surface area (Å²) in [4.78, 5) is 24.6. The number of hydrogen-bond donors (Lipinski definition) is 0. The summed E-state index contributed by atoms with van der Waals surface area (Å²) >= 11 is 0. The van der Waals surface area contributed by atoms with Crippen molar-refractivity contribution in [2.24, 2.45) is 0 Å². The van der Waals surface area contributed by atoms with Crippen molar-refractivity contribution in [2.75, 3.05) is 0 Å². The largest absolute Gasteiger partial charge is 0.872 e. The molecule has 0 saturated carbocycles. The molecule has 0 amide bonds. The third kappa shape index (κ3) is 10.3. The van der Waals surface area contributed by atoms with Crippen LogP contribution in [-0.4, -0.2) is 11.6 Å². The van der Waals surface area contributed by atoms with Gasteiger partial charge in [-0.05, 0) is 93.3 Å². The molecule has 0 radical (unpaired) electrons. The number of ketones is 2. The van der Waals surface area contributed by atoms with Crippen molar-refractivity contribution in [3.63, 3.8) is 0 Å².